The van der Waals surface area contributed by atoms with Crippen molar-refractivity contribution in [2.75, 3.05) is 26.7 Å². The number of aliphatic imine (C=N–C) groups is 1. The predicted octanol–water partition coefficient (Wildman–Crippen LogP) is 2.85. The van der Waals surface area contributed by atoms with Gasteiger partial charge < -0.3 is 15.5 Å². The average molecular weight is 392 g/mol. The first-order valence-electron chi connectivity index (χ1n) is 10.3. The van der Waals surface area contributed by atoms with E-state index in [2.05, 4.69) is 15.6 Å². The fraction of sp³-hybridized carbons (Fsp3) is 0.619. The number of nitrogens with zero attached hydrogens (tertiary/aromatic N) is 2. The molecule has 1 aromatic rings. The van der Waals surface area contributed by atoms with Gasteiger partial charge in [0.2, 0.25) is 5.91 Å². The Kier molecular flexibility index (Phi) is 7.23. The fourth-order valence-corrected chi connectivity index (χ4v) is 4.12. The quantitative estimate of drug-likeness (QED) is 0.599. The number of guanidine groups is 1. The number of carbonyl (C=O) groups is 1. The molecule has 1 atom stereocenters. The van der Waals surface area contributed by atoms with Crippen LogP contribution in [0.25, 0.3) is 0 Å². The van der Waals surface area contributed by atoms with E-state index in [1.165, 1.54) is 12.5 Å². The van der Waals surface area contributed by atoms with Gasteiger partial charge in [-0.15, -0.1) is 0 Å². The van der Waals surface area contributed by atoms with Gasteiger partial charge in [-0.2, -0.15) is 0 Å². The molecule has 0 bridgehead atoms. The Balaban J connectivity index is 1.43. The van der Waals surface area contributed by atoms with E-state index in [1.54, 1.807) is 7.05 Å². The minimum atomic E-state index is -0.437. The van der Waals surface area contributed by atoms with Crippen LogP contribution in [0.2, 0.25) is 0 Å². The number of rotatable bonds is 5. The molecule has 1 unspecified atom stereocenters. The molecule has 0 radical (unpaired) electrons. The van der Waals surface area contributed by atoms with Crippen LogP contribution in [0, 0.1) is 17.6 Å². The Bertz CT molecular complexity index is 704. The Hall–Kier alpha value is -2.18. The van der Waals surface area contributed by atoms with Crippen molar-refractivity contribution in [1.82, 2.24) is 15.5 Å². The van der Waals surface area contributed by atoms with Gasteiger partial charge in [-0.25, -0.2) is 8.78 Å². The van der Waals surface area contributed by atoms with Crippen LogP contribution in [-0.4, -0.2) is 49.5 Å². The Morgan fingerprint density at radius 2 is 2.00 bits per heavy atom. The first-order chi connectivity index (χ1) is 13.6. The molecule has 2 aliphatic rings. The van der Waals surface area contributed by atoms with Crippen LogP contribution in [-0.2, 0) is 11.2 Å². The second kappa shape index (κ2) is 9.85. The second-order valence-corrected chi connectivity index (χ2v) is 7.73. The Morgan fingerprint density at radius 3 is 2.75 bits per heavy atom. The zero-order chi connectivity index (χ0) is 19.9. The molecule has 28 heavy (non-hydrogen) atoms. The number of hydrogen-bond acceptors (Lipinski definition) is 2. The smallest absolute Gasteiger partial charge is 0.225 e. The highest BCUT2D eigenvalue weighted by molar-refractivity contribution is 5.81. The zero-order valence-electron chi connectivity index (χ0n) is 16.5. The summed E-state index contributed by atoms with van der Waals surface area (Å²) in [6, 6.07) is 3.64. The summed E-state index contributed by atoms with van der Waals surface area (Å²) in [7, 11) is 1.68. The van der Waals surface area contributed by atoms with Crippen LogP contribution >= 0.6 is 0 Å². The van der Waals surface area contributed by atoms with E-state index in [9.17, 15) is 13.6 Å². The van der Waals surface area contributed by atoms with Gasteiger partial charge in [0.1, 0.15) is 11.6 Å². The first kappa shape index (κ1) is 20.6. The van der Waals surface area contributed by atoms with Crippen LogP contribution in [0.3, 0.4) is 0 Å². The summed E-state index contributed by atoms with van der Waals surface area (Å²) in [5.41, 5.74) is 0.341. The molecule has 154 valence electrons. The van der Waals surface area contributed by atoms with E-state index in [4.69, 9.17) is 0 Å². The highest BCUT2D eigenvalue weighted by atomic mass is 19.1. The van der Waals surface area contributed by atoms with Crippen molar-refractivity contribution in [3.05, 3.63) is 35.4 Å². The molecule has 1 aliphatic heterocycles. The topological polar surface area (TPSA) is 56.7 Å². The number of nitrogens with one attached hydrogen (secondary N) is 2. The van der Waals surface area contributed by atoms with Crippen molar-refractivity contribution in [2.45, 2.75) is 51.0 Å². The molecule has 7 heteroatoms. The molecule has 1 amide bonds. The number of benzene rings is 1. The lowest BCUT2D eigenvalue weighted by Gasteiger charge is -2.26. The summed E-state index contributed by atoms with van der Waals surface area (Å²) in [6.07, 6.45) is 6.86. The maximum atomic E-state index is 13.7. The van der Waals surface area contributed by atoms with Gasteiger partial charge in [0.05, 0.1) is 0 Å². The lowest BCUT2D eigenvalue weighted by atomic mass is 9.88. The number of likely N-dealkylation sites (tertiary alicyclic amines) is 1. The summed E-state index contributed by atoms with van der Waals surface area (Å²) in [6.45, 7) is 1.91. The minimum absolute atomic E-state index is 0.157. The van der Waals surface area contributed by atoms with Crippen molar-refractivity contribution >= 4 is 11.9 Å². The lowest BCUT2D eigenvalue weighted by molar-refractivity contribution is -0.135. The Labute approximate surface area is 165 Å². The van der Waals surface area contributed by atoms with Crippen molar-refractivity contribution in [3.8, 4) is 0 Å². The van der Waals surface area contributed by atoms with Gasteiger partial charge in [0, 0.05) is 38.6 Å². The van der Waals surface area contributed by atoms with Crippen molar-refractivity contribution < 1.29 is 13.6 Å². The maximum absolute atomic E-state index is 13.7. The van der Waals surface area contributed by atoms with E-state index in [1.807, 2.05) is 4.90 Å². The third-order valence-electron chi connectivity index (χ3n) is 5.71. The number of hydrogen-bond donors (Lipinski definition) is 2. The summed E-state index contributed by atoms with van der Waals surface area (Å²) in [5, 5.41) is 6.49. The van der Waals surface area contributed by atoms with Gasteiger partial charge in [0.15, 0.2) is 5.96 Å². The van der Waals surface area contributed by atoms with Crippen LogP contribution in [0.1, 0.15) is 44.1 Å². The van der Waals surface area contributed by atoms with Crippen molar-refractivity contribution in [3.63, 3.8) is 0 Å². The SMILES string of the molecule is CN=C(NCCc1cc(F)ccc1F)NC1CCN(C(=O)C2CCCCC2)C1. The monoisotopic (exact) mass is 392 g/mol. The molecule has 2 N–H and O–H groups in total. The molecular weight excluding hydrogens is 362 g/mol. The molecule has 5 nitrogen and oxygen atoms in total. The normalized spacial score (nSPS) is 21.0. The molecule has 1 aromatic carbocycles. The zero-order valence-corrected chi connectivity index (χ0v) is 16.5. The van der Waals surface area contributed by atoms with Gasteiger partial charge in [0.25, 0.3) is 0 Å². The standard InChI is InChI=1S/C21H30F2N4O/c1-24-21(25-11-9-16-13-17(22)7-8-19(16)23)26-18-10-12-27(14-18)20(28)15-5-3-2-4-6-15/h7-8,13,15,18H,2-6,9-12,14H2,1H3,(H2,24,25,26). The van der Waals surface area contributed by atoms with Gasteiger partial charge in [-0.1, -0.05) is 19.3 Å². The van der Waals surface area contributed by atoms with Gasteiger partial charge in [-0.05, 0) is 49.4 Å². The highest BCUT2D eigenvalue weighted by Gasteiger charge is 2.31. The molecular formula is C21H30F2N4O. The van der Waals surface area contributed by atoms with Crippen LogP contribution in [0.15, 0.2) is 23.2 Å². The van der Waals surface area contributed by atoms with Gasteiger partial charge in [-0.3, -0.25) is 9.79 Å². The van der Waals surface area contributed by atoms with Crippen molar-refractivity contribution in [2.24, 2.45) is 10.9 Å². The second-order valence-electron chi connectivity index (χ2n) is 7.73. The Morgan fingerprint density at radius 1 is 1.21 bits per heavy atom. The summed E-state index contributed by atoms with van der Waals surface area (Å²) in [4.78, 5) is 18.9. The maximum Gasteiger partial charge on any atom is 0.225 e. The molecule has 3 rings (SSSR count). The number of halogens is 2. The van der Waals surface area contributed by atoms with E-state index in [-0.39, 0.29) is 12.0 Å². The predicted molar refractivity (Wildman–Crippen MR) is 106 cm³/mol. The summed E-state index contributed by atoms with van der Waals surface area (Å²) < 4.78 is 26.9. The molecule has 0 aromatic heterocycles. The van der Waals surface area contributed by atoms with Crippen LogP contribution in [0.5, 0.6) is 0 Å². The molecule has 1 saturated heterocycles. The fourth-order valence-electron chi connectivity index (χ4n) is 4.12. The third kappa shape index (κ3) is 5.42. The van der Waals surface area contributed by atoms with E-state index in [0.717, 1.165) is 50.8 Å². The minimum Gasteiger partial charge on any atom is -0.356 e. The highest BCUT2D eigenvalue weighted by Crippen LogP contribution is 2.26. The summed E-state index contributed by atoms with van der Waals surface area (Å²) in [5.74, 6) is 0.278. The third-order valence-corrected chi connectivity index (χ3v) is 5.71. The first-order valence-corrected chi connectivity index (χ1v) is 10.3. The van der Waals surface area contributed by atoms with Crippen LogP contribution < -0.4 is 10.6 Å². The number of amides is 1. The van der Waals surface area contributed by atoms with Crippen LogP contribution in [0.4, 0.5) is 8.78 Å². The molecule has 1 saturated carbocycles. The van der Waals surface area contributed by atoms with Gasteiger partial charge >= 0.3 is 0 Å². The lowest BCUT2D eigenvalue weighted by Crippen LogP contribution is -2.46. The number of carbonyl (C=O) groups excluding carboxylic acids is 1. The molecule has 2 fully saturated rings. The van der Waals surface area contributed by atoms with E-state index >= 15 is 0 Å². The average Bonchev–Trinajstić information content (AvgIpc) is 3.18. The van der Waals surface area contributed by atoms with E-state index < -0.39 is 11.6 Å². The van der Waals surface area contributed by atoms with E-state index in [0.29, 0.717) is 36.9 Å². The molecule has 1 heterocycles. The molecule has 1 aliphatic carbocycles. The largest absolute Gasteiger partial charge is 0.356 e. The molecule has 0 spiro atoms. The van der Waals surface area contributed by atoms with Crippen molar-refractivity contribution in [1.29, 1.82) is 0 Å². The summed E-state index contributed by atoms with van der Waals surface area (Å²) >= 11 is 0.